The number of hydrogen-bond acceptors (Lipinski definition) is 4. The molecular weight excluding hydrogens is 318 g/mol. The molecule has 0 spiro atoms. The summed E-state index contributed by atoms with van der Waals surface area (Å²) in [4.78, 5) is 38.2. The monoisotopic (exact) mass is 343 g/mol. The van der Waals surface area contributed by atoms with Crippen molar-refractivity contribution in [2.45, 2.75) is 58.3 Å². The van der Waals surface area contributed by atoms with E-state index in [1.807, 2.05) is 0 Å². The van der Waals surface area contributed by atoms with E-state index in [2.05, 4.69) is 6.92 Å². The fraction of sp³-hybridized carbons (Fsp3) is 0.550. The quantitative estimate of drug-likeness (QED) is 0.341. The lowest BCUT2D eigenvalue weighted by Crippen LogP contribution is -2.30. The summed E-state index contributed by atoms with van der Waals surface area (Å²) in [5.41, 5.74) is 0.565. The van der Waals surface area contributed by atoms with E-state index < -0.39 is 0 Å². The largest absolute Gasteiger partial charge is 0.427 e. The molecule has 134 valence electrons. The number of ether oxygens (including phenoxy) is 1. The maximum atomic E-state index is 12.6. The first-order valence-electron chi connectivity index (χ1n) is 9.30. The van der Waals surface area contributed by atoms with E-state index in [0.717, 1.165) is 44.9 Å². The average Bonchev–Trinajstić information content (AvgIpc) is 2.88. The first-order valence-corrected chi connectivity index (χ1v) is 9.30. The topological polar surface area (TPSA) is 63.7 Å². The number of imide groups is 1. The number of rotatable bonds is 6. The van der Waals surface area contributed by atoms with E-state index in [1.54, 1.807) is 24.3 Å². The summed E-state index contributed by atoms with van der Waals surface area (Å²) in [5, 5.41) is 0. The third kappa shape index (κ3) is 3.75. The number of hydrogen-bond donors (Lipinski definition) is 0. The molecule has 1 aromatic rings. The normalized spacial score (nSPS) is 22.8. The van der Waals surface area contributed by atoms with Crippen molar-refractivity contribution in [3.63, 3.8) is 0 Å². The van der Waals surface area contributed by atoms with Crippen LogP contribution >= 0.6 is 0 Å². The number of anilines is 1. The number of esters is 1. The van der Waals surface area contributed by atoms with Crippen LogP contribution in [-0.2, 0) is 14.4 Å². The lowest BCUT2D eigenvalue weighted by Gasteiger charge is -2.19. The number of carbonyl (C=O) groups is 3. The Morgan fingerprint density at radius 3 is 2.20 bits per heavy atom. The lowest BCUT2D eigenvalue weighted by molar-refractivity contribution is -0.134. The van der Waals surface area contributed by atoms with Gasteiger partial charge in [-0.3, -0.25) is 19.3 Å². The summed E-state index contributed by atoms with van der Waals surface area (Å²) in [7, 11) is 0. The molecule has 1 saturated heterocycles. The van der Waals surface area contributed by atoms with Gasteiger partial charge in [-0.15, -0.1) is 0 Å². The van der Waals surface area contributed by atoms with Crippen LogP contribution in [0.1, 0.15) is 58.3 Å². The second kappa shape index (κ2) is 7.81. The summed E-state index contributed by atoms with van der Waals surface area (Å²) in [6, 6.07) is 6.66. The highest BCUT2D eigenvalue weighted by Crippen LogP contribution is 2.40. The van der Waals surface area contributed by atoms with Crippen molar-refractivity contribution < 1.29 is 19.1 Å². The fourth-order valence-corrected chi connectivity index (χ4v) is 3.78. The number of fused-ring (bicyclic) bond motifs is 1. The lowest BCUT2D eigenvalue weighted by atomic mass is 9.81. The van der Waals surface area contributed by atoms with Crippen LogP contribution in [0.5, 0.6) is 5.75 Å². The molecule has 3 rings (SSSR count). The third-order valence-corrected chi connectivity index (χ3v) is 5.15. The highest BCUT2D eigenvalue weighted by atomic mass is 16.5. The molecule has 0 unspecified atom stereocenters. The van der Waals surface area contributed by atoms with Gasteiger partial charge in [-0.1, -0.05) is 32.6 Å². The Labute approximate surface area is 148 Å². The highest BCUT2D eigenvalue weighted by Gasteiger charge is 2.48. The Kier molecular flexibility index (Phi) is 5.51. The zero-order valence-corrected chi connectivity index (χ0v) is 14.7. The minimum absolute atomic E-state index is 0.0842. The molecule has 1 heterocycles. The van der Waals surface area contributed by atoms with Gasteiger partial charge in [-0.05, 0) is 43.5 Å². The van der Waals surface area contributed by atoms with Crippen molar-refractivity contribution in [1.82, 2.24) is 0 Å². The average molecular weight is 343 g/mol. The molecule has 5 heteroatoms. The fourth-order valence-electron chi connectivity index (χ4n) is 3.78. The SMILES string of the molecule is CCCCCC(=O)Oc1ccc(N2C(=O)[C@H]3CCCC[C@H]3C2=O)cc1. The molecule has 25 heavy (non-hydrogen) atoms. The van der Waals surface area contributed by atoms with Gasteiger partial charge in [0.25, 0.3) is 0 Å². The van der Waals surface area contributed by atoms with Gasteiger partial charge >= 0.3 is 5.97 Å². The molecule has 2 fully saturated rings. The van der Waals surface area contributed by atoms with Gasteiger partial charge in [-0.2, -0.15) is 0 Å². The molecule has 0 bridgehead atoms. The summed E-state index contributed by atoms with van der Waals surface area (Å²) in [6.45, 7) is 2.08. The number of unbranched alkanes of at least 4 members (excludes halogenated alkanes) is 2. The molecule has 2 atom stereocenters. The molecule has 1 aromatic carbocycles. The second-order valence-electron chi connectivity index (χ2n) is 6.93. The van der Waals surface area contributed by atoms with Gasteiger partial charge in [0.1, 0.15) is 5.75 Å². The standard InChI is InChI=1S/C20H25NO4/c1-2-3-4-9-18(22)25-15-12-10-14(11-13-15)21-19(23)16-7-5-6-8-17(16)20(21)24/h10-13,16-17H,2-9H2,1H3/t16-,17+. The number of amides is 2. The van der Waals surface area contributed by atoms with Crippen LogP contribution in [0.4, 0.5) is 5.69 Å². The van der Waals surface area contributed by atoms with Crippen molar-refractivity contribution >= 4 is 23.5 Å². The minimum atomic E-state index is -0.249. The Bertz CT molecular complexity index is 628. The van der Waals surface area contributed by atoms with Crippen molar-refractivity contribution in [3.8, 4) is 5.75 Å². The number of carbonyl (C=O) groups excluding carboxylic acids is 3. The molecule has 0 N–H and O–H groups in total. The van der Waals surface area contributed by atoms with Gasteiger partial charge in [-0.25, -0.2) is 0 Å². The molecular formula is C20H25NO4. The molecule has 2 aliphatic rings. The Balaban J connectivity index is 1.65. The predicted molar refractivity (Wildman–Crippen MR) is 94.2 cm³/mol. The molecule has 0 radical (unpaired) electrons. The molecule has 0 aromatic heterocycles. The highest BCUT2D eigenvalue weighted by molar-refractivity contribution is 6.22. The zero-order chi connectivity index (χ0) is 17.8. The first kappa shape index (κ1) is 17.6. The van der Waals surface area contributed by atoms with Gasteiger partial charge in [0.05, 0.1) is 17.5 Å². The summed E-state index contributed by atoms with van der Waals surface area (Å²) in [6.07, 6.45) is 6.94. The number of benzene rings is 1. The summed E-state index contributed by atoms with van der Waals surface area (Å²) < 4.78 is 5.30. The number of nitrogens with zero attached hydrogens (tertiary/aromatic N) is 1. The van der Waals surface area contributed by atoms with Crippen molar-refractivity contribution in [1.29, 1.82) is 0 Å². The van der Waals surface area contributed by atoms with Crippen LogP contribution in [0.15, 0.2) is 24.3 Å². The predicted octanol–water partition coefficient (Wildman–Crippen LogP) is 3.85. The Morgan fingerprint density at radius 1 is 1.04 bits per heavy atom. The van der Waals surface area contributed by atoms with E-state index in [0.29, 0.717) is 17.9 Å². The van der Waals surface area contributed by atoms with Crippen LogP contribution in [0.3, 0.4) is 0 Å². The van der Waals surface area contributed by atoms with Gasteiger partial charge in [0, 0.05) is 6.42 Å². The van der Waals surface area contributed by atoms with Crippen LogP contribution in [0, 0.1) is 11.8 Å². The molecule has 2 amide bonds. The maximum Gasteiger partial charge on any atom is 0.311 e. The van der Waals surface area contributed by atoms with Crippen LogP contribution < -0.4 is 9.64 Å². The first-order chi connectivity index (χ1) is 12.1. The summed E-state index contributed by atoms with van der Waals surface area (Å²) in [5.74, 6) is -0.282. The Morgan fingerprint density at radius 2 is 1.64 bits per heavy atom. The van der Waals surface area contributed by atoms with E-state index in [9.17, 15) is 14.4 Å². The van der Waals surface area contributed by atoms with Crippen LogP contribution in [0.2, 0.25) is 0 Å². The molecule has 1 aliphatic carbocycles. The molecule has 1 aliphatic heterocycles. The van der Waals surface area contributed by atoms with E-state index >= 15 is 0 Å². The van der Waals surface area contributed by atoms with Crippen LogP contribution in [0.25, 0.3) is 0 Å². The van der Waals surface area contributed by atoms with Crippen molar-refractivity contribution in [2.75, 3.05) is 4.90 Å². The van der Waals surface area contributed by atoms with Gasteiger partial charge < -0.3 is 4.74 Å². The zero-order valence-electron chi connectivity index (χ0n) is 14.7. The minimum Gasteiger partial charge on any atom is -0.427 e. The summed E-state index contributed by atoms with van der Waals surface area (Å²) >= 11 is 0. The van der Waals surface area contributed by atoms with Gasteiger partial charge in [0.15, 0.2) is 0 Å². The van der Waals surface area contributed by atoms with Gasteiger partial charge in [0.2, 0.25) is 11.8 Å². The van der Waals surface area contributed by atoms with E-state index in [-0.39, 0.29) is 29.6 Å². The Hall–Kier alpha value is -2.17. The van der Waals surface area contributed by atoms with Crippen LogP contribution in [-0.4, -0.2) is 17.8 Å². The van der Waals surface area contributed by atoms with E-state index in [4.69, 9.17) is 4.74 Å². The molecule has 1 saturated carbocycles. The molecule has 5 nitrogen and oxygen atoms in total. The van der Waals surface area contributed by atoms with Crippen molar-refractivity contribution in [3.05, 3.63) is 24.3 Å². The third-order valence-electron chi connectivity index (χ3n) is 5.15. The second-order valence-corrected chi connectivity index (χ2v) is 6.93. The maximum absolute atomic E-state index is 12.6. The smallest absolute Gasteiger partial charge is 0.311 e. The van der Waals surface area contributed by atoms with E-state index in [1.165, 1.54) is 4.90 Å². The van der Waals surface area contributed by atoms with Crippen molar-refractivity contribution in [2.24, 2.45) is 11.8 Å².